The summed E-state index contributed by atoms with van der Waals surface area (Å²) in [6, 6.07) is 7.95. The standard InChI is InChI=1S/C16H14Cl3NO4/c1-23-6-7-24-10-4-2-9(3-5-10)20-16(22)13-14(19)11(17)8-12(18)15(13)21/h2-5,8,21H,6-7H2,1H3,(H,20,22). The Balaban J connectivity index is 2.13. The van der Waals surface area contributed by atoms with Gasteiger partial charge in [0, 0.05) is 12.8 Å². The molecule has 1 amide bonds. The molecular weight excluding hydrogens is 377 g/mol. The SMILES string of the molecule is COCCOc1ccc(NC(=O)c2c(O)c(Cl)cc(Cl)c2Cl)cc1. The lowest BCUT2D eigenvalue weighted by atomic mass is 10.1. The first-order chi connectivity index (χ1) is 11.4. The molecule has 0 fully saturated rings. The second kappa shape index (κ2) is 8.44. The number of phenols is 1. The van der Waals surface area contributed by atoms with Crippen LogP contribution in [0.2, 0.25) is 15.1 Å². The van der Waals surface area contributed by atoms with Crippen LogP contribution in [0, 0.1) is 0 Å². The highest BCUT2D eigenvalue weighted by atomic mass is 35.5. The molecule has 24 heavy (non-hydrogen) atoms. The third-order valence-electron chi connectivity index (χ3n) is 3.04. The van der Waals surface area contributed by atoms with Crippen LogP contribution in [-0.4, -0.2) is 31.3 Å². The van der Waals surface area contributed by atoms with Crippen molar-refractivity contribution in [3.8, 4) is 11.5 Å². The van der Waals surface area contributed by atoms with Gasteiger partial charge in [0.05, 0.1) is 21.7 Å². The molecule has 2 aromatic rings. The Labute approximate surface area is 154 Å². The van der Waals surface area contributed by atoms with Gasteiger partial charge in [-0.1, -0.05) is 34.8 Å². The first kappa shape index (κ1) is 18.7. The number of ether oxygens (including phenoxy) is 2. The van der Waals surface area contributed by atoms with Gasteiger partial charge >= 0.3 is 0 Å². The fraction of sp³-hybridized carbons (Fsp3) is 0.188. The van der Waals surface area contributed by atoms with Crippen molar-refractivity contribution in [3.63, 3.8) is 0 Å². The Bertz CT molecular complexity index is 709. The number of amides is 1. The number of anilines is 1. The fourth-order valence-electron chi connectivity index (χ4n) is 1.86. The van der Waals surface area contributed by atoms with Crippen molar-refractivity contribution >= 4 is 46.4 Å². The van der Waals surface area contributed by atoms with Crippen molar-refractivity contribution in [3.05, 3.63) is 51.0 Å². The van der Waals surface area contributed by atoms with Gasteiger partial charge in [0.2, 0.25) is 0 Å². The van der Waals surface area contributed by atoms with Gasteiger partial charge in [-0.05, 0) is 30.3 Å². The summed E-state index contributed by atoms with van der Waals surface area (Å²) in [4.78, 5) is 12.3. The van der Waals surface area contributed by atoms with E-state index in [1.54, 1.807) is 31.4 Å². The molecule has 0 saturated carbocycles. The van der Waals surface area contributed by atoms with Crippen LogP contribution in [0.3, 0.4) is 0 Å². The van der Waals surface area contributed by atoms with Crippen LogP contribution in [-0.2, 0) is 4.74 Å². The average molecular weight is 391 g/mol. The molecule has 2 N–H and O–H groups in total. The van der Waals surface area contributed by atoms with Gasteiger partial charge in [-0.3, -0.25) is 4.79 Å². The fourth-order valence-corrected chi connectivity index (χ4v) is 2.56. The third kappa shape index (κ3) is 4.45. The highest BCUT2D eigenvalue weighted by Crippen LogP contribution is 2.38. The lowest BCUT2D eigenvalue weighted by Gasteiger charge is -2.11. The molecule has 8 heteroatoms. The molecule has 0 radical (unpaired) electrons. The zero-order valence-electron chi connectivity index (χ0n) is 12.6. The smallest absolute Gasteiger partial charge is 0.261 e. The number of benzene rings is 2. The van der Waals surface area contributed by atoms with Crippen molar-refractivity contribution in [2.75, 3.05) is 25.6 Å². The number of carbonyl (C=O) groups excluding carboxylic acids is 1. The second-order valence-electron chi connectivity index (χ2n) is 4.70. The molecule has 0 heterocycles. The first-order valence-electron chi connectivity index (χ1n) is 6.83. The van der Waals surface area contributed by atoms with Gasteiger partial charge in [-0.2, -0.15) is 0 Å². The van der Waals surface area contributed by atoms with E-state index in [0.29, 0.717) is 24.7 Å². The summed E-state index contributed by atoms with van der Waals surface area (Å²) in [7, 11) is 1.59. The Morgan fingerprint density at radius 2 is 1.79 bits per heavy atom. The molecule has 0 bridgehead atoms. The van der Waals surface area contributed by atoms with Gasteiger partial charge in [-0.15, -0.1) is 0 Å². The third-order valence-corrected chi connectivity index (χ3v) is 4.12. The topological polar surface area (TPSA) is 67.8 Å². The Hall–Kier alpha value is -1.66. The number of halogens is 3. The number of rotatable bonds is 6. The summed E-state index contributed by atoms with van der Waals surface area (Å²) < 4.78 is 10.3. The molecule has 0 atom stereocenters. The summed E-state index contributed by atoms with van der Waals surface area (Å²) in [5.74, 6) is -0.422. The van der Waals surface area contributed by atoms with Gasteiger partial charge in [-0.25, -0.2) is 0 Å². The van der Waals surface area contributed by atoms with E-state index in [-0.39, 0.29) is 20.6 Å². The van der Waals surface area contributed by atoms with Gasteiger partial charge in [0.25, 0.3) is 5.91 Å². The maximum Gasteiger partial charge on any atom is 0.261 e. The molecule has 0 unspecified atom stereocenters. The van der Waals surface area contributed by atoms with Gasteiger partial charge in [0.15, 0.2) is 0 Å². The summed E-state index contributed by atoms with van der Waals surface area (Å²) in [6.07, 6.45) is 0. The van der Waals surface area contributed by atoms with E-state index in [1.807, 2.05) is 0 Å². The first-order valence-corrected chi connectivity index (χ1v) is 7.97. The zero-order chi connectivity index (χ0) is 17.7. The number of carbonyl (C=O) groups is 1. The van der Waals surface area contributed by atoms with Crippen molar-refractivity contribution in [2.24, 2.45) is 0 Å². The van der Waals surface area contributed by atoms with Gasteiger partial charge < -0.3 is 19.9 Å². The predicted octanol–water partition coefficient (Wildman–Crippen LogP) is 4.63. The van der Waals surface area contributed by atoms with Crippen molar-refractivity contribution in [1.82, 2.24) is 0 Å². The Morgan fingerprint density at radius 1 is 1.12 bits per heavy atom. The minimum atomic E-state index is -0.630. The Kier molecular flexibility index (Phi) is 6.57. The monoisotopic (exact) mass is 389 g/mol. The van der Waals surface area contributed by atoms with E-state index >= 15 is 0 Å². The van der Waals surface area contributed by atoms with Crippen LogP contribution in [0.4, 0.5) is 5.69 Å². The highest BCUT2D eigenvalue weighted by Gasteiger charge is 2.21. The summed E-state index contributed by atoms with van der Waals surface area (Å²) >= 11 is 17.7. The van der Waals surface area contributed by atoms with Crippen LogP contribution in [0.5, 0.6) is 11.5 Å². The Morgan fingerprint density at radius 3 is 2.42 bits per heavy atom. The van der Waals surface area contributed by atoms with E-state index in [9.17, 15) is 9.90 Å². The van der Waals surface area contributed by atoms with E-state index in [4.69, 9.17) is 44.3 Å². The summed E-state index contributed by atoms with van der Waals surface area (Å²) in [6.45, 7) is 0.901. The number of methoxy groups -OCH3 is 1. The van der Waals surface area contributed by atoms with Crippen molar-refractivity contribution < 1.29 is 19.4 Å². The van der Waals surface area contributed by atoms with Crippen molar-refractivity contribution in [2.45, 2.75) is 0 Å². The molecule has 128 valence electrons. The summed E-state index contributed by atoms with van der Waals surface area (Å²) in [5, 5.41) is 12.5. The van der Waals surface area contributed by atoms with Crippen LogP contribution < -0.4 is 10.1 Å². The van der Waals surface area contributed by atoms with Crippen LogP contribution in [0.25, 0.3) is 0 Å². The van der Waals surface area contributed by atoms with Crippen molar-refractivity contribution in [1.29, 1.82) is 0 Å². The number of hydrogen-bond donors (Lipinski definition) is 2. The van der Waals surface area contributed by atoms with Crippen LogP contribution in [0.1, 0.15) is 10.4 Å². The second-order valence-corrected chi connectivity index (χ2v) is 5.89. The molecule has 2 rings (SSSR count). The molecule has 0 spiro atoms. The van der Waals surface area contributed by atoms with Gasteiger partial charge in [0.1, 0.15) is 23.7 Å². The number of nitrogens with one attached hydrogen (secondary N) is 1. The maximum absolute atomic E-state index is 12.3. The minimum absolute atomic E-state index is 0.0589. The van der Waals surface area contributed by atoms with E-state index in [0.717, 1.165) is 0 Å². The van der Waals surface area contributed by atoms with E-state index in [2.05, 4.69) is 5.32 Å². The molecule has 2 aromatic carbocycles. The highest BCUT2D eigenvalue weighted by molar-refractivity contribution is 6.46. The quantitative estimate of drug-likeness (QED) is 0.557. The molecule has 0 aliphatic carbocycles. The lowest BCUT2D eigenvalue weighted by Crippen LogP contribution is -2.13. The lowest BCUT2D eigenvalue weighted by molar-refractivity contribution is 0.102. The normalized spacial score (nSPS) is 10.5. The largest absolute Gasteiger partial charge is 0.505 e. The van der Waals surface area contributed by atoms with Crippen LogP contribution >= 0.6 is 34.8 Å². The predicted molar refractivity (Wildman–Crippen MR) is 94.9 cm³/mol. The van der Waals surface area contributed by atoms with Crippen LogP contribution in [0.15, 0.2) is 30.3 Å². The van der Waals surface area contributed by atoms with E-state index < -0.39 is 11.7 Å². The molecule has 5 nitrogen and oxygen atoms in total. The summed E-state index contributed by atoms with van der Waals surface area (Å²) in [5.41, 5.74) is 0.306. The number of hydrogen-bond acceptors (Lipinski definition) is 4. The molecular formula is C16H14Cl3NO4. The molecule has 0 aromatic heterocycles. The maximum atomic E-state index is 12.3. The minimum Gasteiger partial charge on any atom is -0.505 e. The zero-order valence-corrected chi connectivity index (χ0v) is 14.9. The number of phenolic OH excluding ortho intramolecular Hbond substituents is 1. The molecule has 0 aliphatic heterocycles. The average Bonchev–Trinajstić information content (AvgIpc) is 2.55. The molecule has 0 saturated heterocycles. The van der Waals surface area contributed by atoms with E-state index in [1.165, 1.54) is 6.07 Å². The number of aromatic hydroxyl groups is 1. The molecule has 0 aliphatic rings.